The molecule has 0 aliphatic carbocycles. The van der Waals surface area contributed by atoms with E-state index in [-0.39, 0.29) is 5.56 Å². The normalized spacial score (nSPS) is 10.6. The predicted molar refractivity (Wildman–Crippen MR) is 49.9 cm³/mol. The Labute approximate surface area is 87.5 Å². The topological polar surface area (TPSA) is 12.9 Å². The monoisotopic (exact) mass is 263 g/mol. The molecule has 1 nitrogen and oxygen atoms in total. The summed E-state index contributed by atoms with van der Waals surface area (Å²) in [5, 5.41) is 0.333. The molecule has 0 spiro atoms. The predicted octanol–water partition coefficient (Wildman–Crippen LogP) is 2.85. The van der Waals surface area contributed by atoms with Crippen molar-refractivity contribution < 1.29 is 13.2 Å². The van der Waals surface area contributed by atoms with Gasteiger partial charge in [0.1, 0.15) is 0 Å². The van der Waals surface area contributed by atoms with Crippen LogP contribution in [0, 0.1) is 11.8 Å². The lowest BCUT2D eigenvalue weighted by Crippen LogP contribution is -2.07. The van der Waals surface area contributed by atoms with E-state index in [1.54, 1.807) is 0 Å². The van der Waals surface area contributed by atoms with Crippen LogP contribution in [-0.2, 0) is 6.18 Å². The molecule has 1 rings (SSSR count). The number of halogens is 4. The Kier molecular flexibility index (Phi) is 3.53. The highest BCUT2D eigenvalue weighted by molar-refractivity contribution is 9.09. The molecular formula is C9H5BrF3N. The smallest absolute Gasteiger partial charge is 0.263 e. The number of hydrogen-bond acceptors (Lipinski definition) is 1. The second-order valence-electron chi connectivity index (χ2n) is 2.35. The summed E-state index contributed by atoms with van der Waals surface area (Å²) < 4.78 is 37.1. The van der Waals surface area contributed by atoms with E-state index in [1.807, 2.05) is 0 Å². The fourth-order valence-corrected chi connectivity index (χ4v) is 1.01. The molecule has 0 aliphatic rings. The molecule has 0 aromatic carbocycles. The van der Waals surface area contributed by atoms with Gasteiger partial charge in [-0.25, -0.2) is 0 Å². The summed E-state index contributed by atoms with van der Waals surface area (Å²) in [5.41, 5.74) is -0.847. The molecule has 74 valence electrons. The van der Waals surface area contributed by atoms with E-state index in [9.17, 15) is 13.2 Å². The molecule has 0 aliphatic heterocycles. The van der Waals surface area contributed by atoms with Crippen LogP contribution in [0.25, 0.3) is 0 Å². The lowest BCUT2D eigenvalue weighted by molar-refractivity contribution is -0.137. The van der Waals surface area contributed by atoms with Crippen molar-refractivity contribution in [2.45, 2.75) is 6.18 Å². The molecule has 5 heteroatoms. The van der Waals surface area contributed by atoms with Crippen LogP contribution < -0.4 is 0 Å². The Bertz CT molecular complexity index is 376. The van der Waals surface area contributed by atoms with E-state index in [4.69, 9.17) is 0 Å². The van der Waals surface area contributed by atoms with Crippen molar-refractivity contribution in [1.82, 2.24) is 4.98 Å². The summed E-state index contributed by atoms with van der Waals surface area (Å²) in [5.74, 6) is 4.89. The lowest BCUT2D eigenvalue weighted by atomic mass is 10.1. The van der Waals surface area contributed by atoms with Crippen LogP contribution in [0.5, 0.6) is 0 Å². The molecule has 0 N–H and O–H groups in total. The first-order chi connectivity index (χ1) is 6.55. The van der Waals surface area contributed by atoms with Gasteiger partial charge in [-0.15, -0.1) is 0 Å². The van der Waals surface area contributed by atoms with Gasteiger partial charge in [-0.3, -0.25) is 4.98 Å². The quantitative estimate of drug-likeness (QED) is 0.518. The number of nitrogens with zero attached hydrogens (tertiary/aromatic N) is 1. The molecule has 0 radical (unpaired) electrons. The fraction of sp³-hybridized carbons (Fsp3) is 0.222. The van der Waals surface area contributed by atoms with Crippen LogP contribution in [0.15, 0.2) is 18.5 Å². The molecule has 0 amide bonds. The highest BCUT2D eigenvalue weighted by atomic mass is 79.9. The van der Waals surface area contributed by atoms with Crippen molar-refractivity contribution in [2.24, 2.45) is 0 Å². The largest absolute Gasteiger partial charge is 0.417 e. The van der Waals surface area contributed by atoms with Crippen LogP contribution in [0.4, 0.5) is 13.2 Å². The minimum Gasteiger partial charge on any atom is -0.263 e. The summed E-state index contributed by atoms with van der Waals surface area (Å²) in [6.07, 6.45) is -2.17. The second kappa shape index (κ2) is 4.47. The Morgan fingerprint density at radius 2 is 2.14 bits per heavy atom. The Balaban J connectivity index is 3.16. The third kappa shape index (κ3) is 2.74. The highest BCUT2D eigenvalue weighted by Gasteiger charge is 2.32. The molecule has 0 bridgehead atoms. The molecule has 0 unspecified atom stereocenters. The molecule has 1 aromatic rings. The van der Waals surface area contributed by atoms with Crippen LogP contribution in [0.1, 0.15) is 11.1 Å². The number of hydrogen-bond donors (Lipinski definition) is 0. The van der Waals surface area contributed by atoms with Crippen molar-refractivity contribution in [3.8, 4) is 11.8 Å². The van der Waals surface area contributed by atoms with Crippen molar-refractivity contribution >= 4 is 15.9 Å². The van der Waals surface area contributed by atoms with E-state index < -0.39 is 11.7 Å². The zero-order valence-electron chi connectivity index (χ0n) is 6.90. The third-order valence-electron chi connectivity index (χ3n) is 1.42. The van der Waals surface area contributed by atoms with E-state index >= 15 is 0 Å². The zero-order valence-corrected chi connectivity index (χ0v) is 8.48. The molecular weight excluding hydrogens is 259 g/mol. The van der Waals surface area contributed by atoms with Crippen LogP contribution in [0.3, 0.4) is 0 Å². The first-order valence-electron chi connectivity index (χ1n) is 3.61. The Hall–Kier alpha value is -1.02. The van der Waals surface area contributed by atoms with Crippen LogP contribution in [0.2, 0.25) is 0 Å². The Morgan fingerprint density at radius 3 is 2.71 bits per heavy atom. The van der Waals surface area contributed by atoms with Gasteiger partial charge in [-0.05, 0) is 6.07 Å². The van der Waals surface area contributed by atoms with Crippen molar-refractivity contribution in [1.29, 1.82) is 0 Å². The van der Waals surface area contributed by atoms with Gasteiger partial charge in [-0.2, -0.15) is 13.2 Å². The SMILES string of the molecule is FC(F)(F)c1ccncc1C#CCBr. The summed E-state index contributed by atoms with van der Waals surface area (Å²) in [6.45, 7) is 0. The van der Waals surface area contributed by atoms with Crippen molar-refractivity contribution in [3.63, 3.8) is 0 Å². The number of rotatable bonds is 0. The minimum atomic E-state index is -4.38. The highest BCUT2D eigenvalue weighted by Crippen LogP contribution is 2.30. The van der Waals surface area contributed by atoms with Gasteiger partial charge in [0.25, 0.3) is 0 Å². The summed E-state index contributed by atoms with van der Waals surface area (Å²) in [4.78, 5) is 3.59. The van der Waals surface area contributed by atoms with Gasteiger partial charge < -0.3 is 0 Å². The van der Waals surface area contributed by atoms with Gasteiger partial charge in [0.15, 0.2) is 0 Å². The van der Waals surface area contributed by atoms with E-state index in [1.165, 1.54) is 0 Å². The second-order valence-corrected chi connectivity index (χ2v) is 2.92. The zero-order chi connectivity index (χ0) is 10.6. The van der Waals surface area contributed by atoms with Gasteiger partial charge in [-0.1, -0.05) is 27.8 Å². The standard InChI is InChI=1S/C9H5BrF3N/c10-4-1-2-7-6-14-5-3-8(7)9(11,12)13/h3,5-6H,4H2. The average Bonchev–Trinajstić information content (AvgIpc) is 2.14. The average molecular weight is 264 g/mol. The summed E-state index contributed by atoms with van der Waals surface area (Å²) in [7, 11) is 0. The maximum atomic E-state index is 12.4. The third-order valence-corrected chi connectivity index (χ3v) is 1.70. The summed E-state index contributed by atoms with van der Waals surface area (Å²) in [6, 6.07) is 0.915. The van der Waals surface area contributed by atoms with Gasteiger partial charge in [0.05, 0.1) is 16.5 Å². The molecule has 1 aromatic heterocycles. The minimum absolute atomic E-state index is 0.0977. The van der Waals surface area contributed by atoms with Crippen molar-refractivity contribution in [3.05, 3.63) is 29.6 Å². The van der Waals surface area contributed by atoms with E-state index in [2.05, 4.69) is 32.8 Å². The maximum Gasteiger partial charge on any atom is 0.417 e. The first kappa shape index (κ1) is 11.1. The molecule has 0 saturated heterocycles. The molecule has 0 atom stereocenters. The van der Waals surface area contributed by atoms with Gasteiger partial charge >= 0.3 is 6.18 Å². The number of aromatic nitrogens is 1. The number of pyridine rings is 1. The van der Waals surface area contributed by atoms with Gasteiger partial charge in [0.2, 0.25) is 0 Å². The van der Waals surface area contributed by atoms with E-state index in [0.717, 1.165) is 18.5 Å². The van der Waals surface area contributed by atoms with Crippen LogP contribution in [-0.4, -0.2) is 10.3 Å². The lowest BCUT2D eigenvalue weighted by Gasteiger charge is -2.07. The summed E-state index contributed by atoms with van der Waals surface area (Å²) >= 11 is 3.01. The fourth-order valence-electron chi connectivity index (χ4n) is 0.870. The Morgan fingerprint density at radius 1 is 1.43 bits per heavy atom. The van der Waals surface area contributed by atoms with Crippen LogP contribution >= 0.6 is 15.9 Å². The molecule has 1 heterocycles. The first-order valence-corrected chi connectivity index (χ1v) is 4.74. The van der Waals surface area contributed by atoms with Crippen molar-refractivity contribution in [2.75, 3.05) is 5.33 Å². The van der Waals surface area contributed by atoms with Gasteiger partial charge in [0, 0.05) is 12.4 Å². The number of alkyl halides is 4. The molecule has 14 heavy (non-hydrogen) atoms. The van der Waals surface area contributed by atoms with E-state index in [0.29, 0.717) is 5.33 Å². The molecule has 0 saturated carbocycles. The molecule has 0 fully saturated rings. The maximum absolute atomic E-state index is 12.4.